The molecule has 0 bridgehead atoms. The minimum Gasteiger partial charge on any atom is -0.352 e. The second kappa shape index (κ2) is 9.31. The van der Waals surface area contributed by atoms with Crippen molar-refractivity contribution in [3.63, 3.8) is 0 Å². The first-order valence-electron chi connectivity index (χ1n) is 11.4. The van der Waals surface area contributed by atoms with E-state index in [1.54, 1.807) is 28.8 Å². The fourth-order valence-corrected chi connectivity index (χ4v) is 4.75. The maximum absolute atomic E-state index is 13.7. The van der Waals surface area contributed by atoms with Crippen LogP contribution in [0.15, 0.2) is 30.6 Å². The summed E-state index contributed by atoms with van der Waals surface area (Å²) in [5.74, 6) is 0.632. The molecule has 0 spiro atoms. The smallest absolute Gasteiger partial charge is 0.219 e. The second-order valence-electron chi connectivity index (χ2n) is 8.88. The molecule has 5 rings (SSSR count). The second-order valence-corrected chi connectivity index (χ2v) is 9.29. The zero-order valence-corrected chi connectivity index (χ0v) is 20.1. The van der Waals surface area contributed by atoms with Crippen LogP contribution in [-0.2, 0) is 31.4 Å². The Labute approximate surface area is 203 Å². The number of aryl methyl sites for hydroxylation is 1. The minimum atomic E-state index is -0.271. The number of halogens is 2. The number of nitrogens with zero attached hydrogens (tertiary/aromatic N) is 7. The van der Waals surface area contributed by atoms with E-state index in [9.17, 15) is 9.18 Å². The van der Waals surface area contributed by atoms with Crippen molar-refractivity contribution in [1.29, 1.82) is 0 Å². The van der Waals surface area contributed by atoms with Gasteiger partial charge in [0.05, 0.1) is 24.1 Å². The number of anilines is 1. The first kappa shape index (κ1) is 22.7. The monoisotopic (exact) mass is 483 g/mol. The summed E-state index contributed by atoms with van der Waals surface area (Å²) in [4.78, 5) is 28.3. The van der Waals surface area contributed by atoms with Crippen molar-refractivity contribution in [2.24, 2.45) is 7.05 Å². The molecule has 8 nitrogen and oxygen atoms in total. The third-order valence-electron chi connectivity index (χ3n) is 6.49. The van der Waals surface area contributed by atoms with Crippen LogP contribution >= 0.6 is 11.6 Å². The van der Waals surface area contributed by atoms with E-state index in [0.29, 0.717) is 31.1 Å². The summed E-state index contributed by atoms with van der Waals surface area (Å²) >= 11 is 6.27. The highest BCUT2D eigenvalue weighted by molar-refractivity contribution is 6.31. The van der Waals surface area contributed by atoms with E-state index in [2.05, 4.69) is 14.9 Å². The molecule has 1 saturated heterocycles. The minimum absolute atomic E-state index is 0.0500. The van der Waals surface area contributed by atoms with Crippen molar-refractivity contribution >= 4 is 23.3 Å². The highest BCUT2D eigenvalue weighted by Gasteiger charge is 2.27. The number of hydrogen-bond acceptors (Lipinski definition) is 6. The third-order valence-corrected chi connectivity index (χ3v) is 6.86. The van der Waals surface area contributed by atoms with Crippen molar-refractivity contribution in [3.8, 4) is 11.3 Å². The lowest BCUT2D eigenvalue weighted by atomic mass is 10.1. The summed E-state index contributed by atoms with van der Waals surface area (Å²) in [7, 11) is 1.88. The largest absolute Gasteiger partial charge is 0.352 e. The number of piperazine rings is 1. The van der Waals surface area contributed by atoms with Crippen molar-refractivity contribution in [1.82, 2.24) is 29.5 Å². The van der Waals surface area contributed by atoms with Crippen LogP contribution in [0.3, 0.4) is 0 Å². The third kappa shape index (κ3) is 4.63. The van der Waals surface area contributed by atoms with E-state index < -0.39 is 0 Å². The van der Waals surface area contributed by atoms with Gasteiger partial charge in [-0.05, 0) is 23.8 Å². The molecule has 3 aromatic rings. The van der Waals surface area contributed by atoms with E-state index in [-0.39, 0.29) is 11.7 Å². The van der Waals surface area contributed by atoms with Gasteiger partial charge in [0.1, 0.15) is 11.5 Å². The molecule has 2 aliphatic rings. The molecule has 2 aliphatic heterocycles. The predicted molar refractivity (Wildman–Crippen MR) is 128 cm³/mol. The number of carbonyl (C=O) groups excluding carboxylic acids is 1. The lowest BCUT2D eigenvalue weighted by Crippen LogP contribution is -2.46. The van der Waals surface area contributed by atoms with Gasteiger partial charge < -0.3 is 9.80 Å². The molecular formula is C24H27ClFN7O. The molecule has 34 heavy (non-hydrogen) atoms. The number of hydrogen-bond donors (Lipinski definition) is 0. The Morgan fingerprint density at radius 1 is 1.12 bits per heavy atom. The van der Waals surface area contributed by atoms with Crippen LogP contribution in [0.25, 0.3) is 11.3 Å². The lowest BCUT2D eigenvalue weighted by Gasteiger charge is -2.37. The Balaban J connectivity index is 1.39. The van der Waals surface area contributed by atoms with E-state index >= 15 is 0 Å². The molecule has 0 saturated carbocycles. The lowest BCUT2D eigenvalue weighted by molar-refractivity contribution is -0.129. The van der Waals surface area contributed by atoms with Gasteiger partial charge in [-0.1, -0.05) is 11.6 Å². The number of rotatable bonds is 4. The summed E-state index contributed by atoms with van der Waals surface area (Å²) in [6, 6.07) is 4.50. The summed E-state index contributed by atoms with van der Waals surface area (Å²) in [5, 5.41) is 4.91. The topological polar surface area (TPSA) is 70.4 Å². The summed E-state index contributed by atoms with van der Waals surface area (Å²) in [6.45, 7) is 6.48. The number of benzene rings is 1. The van der Waals surface area contributed by atoms with Gasteiger partial charge in [-0.3, -0.25) is 14.4 Å². The molecule has 1 amide bonds. The fourth-order valence-electron chi connectivity index (χ4n) is 4.57. The predicted octanol–water partition coefficient (Wildman–Crippen LogP) is 2.90. The van der Waals surface area contributed by atoms with Gasteiger partial charge in [0.25, 0.3) is 0 Å². The van der Waals surface area contributed by atoms with Crippen LogP contribution in [0.2, 0.25) is 5.02 Å². The zero-order valence-electron chi connectivity index (χ0n) is 19.3. The van der Waals surface area contributed by atoms with E-state index in [0.717, 1.165) is 60.2 Å². The first-order valence-corrected chi connectivity index (χ1v) is 11.8. The summed E-state index contributed by atoms with van der Waals surface area (Å²) in [6.07, 6.45) is 4.43. The molecule has 0 unspecified atom stereocenters. The van der Waals surface area contributed by atoms with Crippen molar-refractivity contribution in [2.75, 3.05) is 37.6 Å². The average Bonchev–Trinajstić information content (AvgIpc) is 3.27. The normalized spacial score (nSPS) is 16.6. The SMILES string of the molecule is CC(=O)N1CCc2nc(N3CCN(Cc4cc(F)ccc4Cl)CC3)c(-c3cnn(C)c3)nc2C1. The van der Waals surface area contributed by atoms with E-state index in [4.69, 9.17) is 21.6 Å². The molecule has 10 heteroatoms. The van der Waals surface area contributed by atoms with E-state index in [1.807, 2.05) is 13.2 Å². The Kier molecular flexibility index (Phi) is 6.22. The molecular weight excluding hydrogens is 457 g/mol. The van der Waals surface area contributed by atoms with Crippen molar-refractivity contribution in [3.05, 3.63) is 58.4 Å². The molecule has 0 atom stereocenters. The molecule has 0 radical (unpaired) electrons. The molecule has 1 aromatic carbocycles. The van der Waals surface area contributed by atoms with Gasteiger partial charge in [-0.15, -0.1) is 0 Å². The summed E-state index contributed by atoms with van der Waals surface area (Å²) < 4.78 is 15.4. The quantitative estimate of drug-likeness (QED) is 0.568. The highest BCUT2D eigenvalue weighted by atomic mass is 35.5. The Hall–Kier alpha value is -3.04. The van der Waals surface area contributed by atoms with Crippen molar-refractivity contribution in [2.45, 2.75) is 26.4 Å². The standard InChI is InChI=1S/C24H27ClFN7O/c1-16(34)33-6-5-21-22(15-33)28-23(18-12-27-30(2)13-18)24(29-21)32-9-7-31(8-10-32)14-17-11-19(26)3-4-20(17)25/h3-4,11-13H,5-10,14-15H2,1-2H3. The average molecular weight is 484 g/mol. The van der Waals surface area contributed by atoms with Crippen LogP contribution in [0, 0.1) is 5.82 Å². The Bertz CT molecular complexity index is 1220. The first-order chi connectivity index (χ1) is 16.4. The van der Waals surface area contributed by atoms with Crippen molar-refractivity contribution < 1.29 is 9.18 Å². The number of amides is 1. The maximum atomic E-state index is 13.7. The van der Waals surface area contributed by atoms with Crippen LogP contribution in [0.4, 0.5) is 10.2 Å². The van der Waals surface area contributed by atoms with Crippen LogP contribution in [0.1, 0.15) is 23.9 Å². The number of fused-ring (bicyclic) bond motifs is 1. The molecule has 0 N–H and O–H groups in total. The van der Waals surface area contributed by atoms with Gasteiger partial charge in [0.2, 0.25) is 5.91 Å². The Morgan fingerprint density at radius 2 is 1.91 bits per heavy atom. The van der Waals surface area contributed by atoms with E-state index in [1.165, 1.54) is 12.1 Å². The molecule has 4 heterocycles. The molecule has 178 valence electrons. The van der Waals surface area contributed by atoms with Gasteiger partial charge in [0.15, 0.2) is 5.82 Å². The van der Waals surface area contributed by atoms with Crippen LogP contribution < -0.4 is 4.90 Å². The highest BCUT2D eigenvalue weighted by Crippen LogP contribution is 2.31. The zero-order chi connectivity index (χ0) is 23.8. The Morgan fingerprint density at radius 3 is 2.62 bits per heavy atom. The van der Waals surface area contributed by atoms with Gasteiger partial charge in [-0.2, -0.15) is 5.10 Å². The maximum Gasteiger partial charge on any atom is 0.219 e. The van der Waals surface area contributed by atoms with Crippen LogP contribution in [-0.4, -0.2) is 68.2 Å². The fraction of sp³-hybridized carbons (Fsp3) is 0.417. The van der Waals surface area contributed by atoms with Crippen LogP contribution in [0.5, 0.6) is 0 Å². The number of aromatic nitrogens is 4. The molecule has 0 aliphatic carbocycles. The molecule has 1 fully saturated rings. The van der Waals surface area contributed by atoms with Gasteiger partial charge in [-0.25, -0.2) is 14.4 Å². The van der Waals surface area contributed by atoms with Gasteiger partial charge >= 0.3 is 0 Å². The summed E-state index contributed by atoms with van der Waals surface area (Å²) in [5.41, 5.74) is 4.30. The molecule has 2 aromatic heterocycles. The van der Waals surface area contributed by atoms with Gasteiger partial charge in [0, 0.05) is 76.4 Å². The number of carbonyl (C=O) groups is 1.